The van der Waals surface area contributed by atoms with Crippen molar-refractivity contribution in [3.63, 3.8) is 0 Å². The standard InChI is InChI=1S/C17H17N5O3/c1-9(23)15-16(21-10(2)24)19-8-20-17(15)22-13-4-11-6-18-7-12(11)5-14(13)25-3/h4-6,8H,7H2,1-3H3,(H2,19,20,21,22,24). The molecule has 2 N–H and O–H groups in total. The first-order chi connectivity index (χ1) is 12.0. The number of fused-ring (bicyclic) bond motifs is 1. The van der Waals surface area contributed by atoms with Crippen LogP contribution in [0.4, 0.5) is 17.3 Å². The van der Waals surface area contributed by atoms with Gasteiger partial charge in [-0.15, -0.1) is 0 Å². The lowest BCUT2D eigenvalue weighted by Crippen LogP contribution is -2.14. The molecule has 1 aromatic carbocycles. The molecule has 2 aromatic rings. The quantitative estimate of drug-likeness (QED) is 0.810. The van der Waals surface area contributed by atoms with Gasteiger partial charge in [0.15, 0.2) is 5.78 Å². The van der Waals surface area contributed by atoms with Crippen LogP contribution in [0.2, 0.25) is 0 Å². The number of nitrogens with zero attached hydrogens (tertiary/aromatic N) is 3. The Bertz CT molecular complexity index is 892. The van der Waals surface area contributed by atoms with Gasteiger partial charge in [0.2, 0.25) is 5.91 Å². The Hall–Kier alpha value is -3.29. The average Bonchev–Trinajstić information content (AvgIpc) is 3.00. The van der Waals surface area contributed by atoms with Crippen LogP contribution in [-0.4, -0.2) is 35.0 Å². The molecule has 1 aliphatic heterocycles. The Kier molecular flexibility index (Phi) is 4.42. The van der Waals surface area contributed by atoms with Crippen LogP contribution >= 0.6 is 0 Å². The van der Waals surface area contributed by atoms with Gasteiger partial charge >= 0.3 is 0 Å². The molecule has 3 rings (SSSR count). The number of rotatable bonds is 5. The molecule has 0 saturated heterocycles. The third-order valence-electron chi connectivity index (χ3n) is 3.70. The van der Waals surface area contributed by atoms with Crippen LogP contribution in [-0.2, 0) is 11.3 Å². The topological polar surface area (TPSA) is 106 Å². The molecular formula is C17H17N5O3. The summed E-state index contributed by atoms with van der Waals surface area (Å²) in [6.45, 7) is 3.36. The normalized spacial score (nSPS) is 11.8. The van der Waals surface area contributed by atoms with Crippen molar-refractivity contribution in [1.29, 1.82) is 0 Å². The van der Waals surface area contributed by atoms with Gasteiger partial charge in [0.1, 0.15) is 29.3 Å². The van der Waals surface area contributed by atoms with Crippen molar-refractivity contribution in [1.82, 2.24) is 9.97 Å². The smallest absolute Gasteiger partial charge is 0.222 e. The Labute approximate surface area is 144 Å². The van der Waals surface area contributed by atoms with Crippen LogP contribution in [0.5, 0.6) is 5.75 Å². The van der Waals surface area contributed by atoms with Gasteiger partial charge in [0, 0.05) is 13.1 Å². The summed E-state index contributed by atoms with van der Waals surface area (Å²) >= 11 is 0. The first-order valence-electron chi connectivity index (χ1n) is 7.61. The maximum atomic E-state index is 12.1. The molecule has 0 unspecified atom stereocenters. The van der Waals surface area contributed by atoms with E-state index in [0.29, 0.717) is 23.8 Å². The number of hydrogen-bond donors (Lipinski definition) is 2. The lowest BCUT2D eigenvalue weighted by atomic mass is 10.1. The van der Waals surface area contributed by atoms with E-state index in [1.807, 2.05) is 12.1 Å². The lowest BCUT2D eigenvalue weighted by molar-refractivity contribution is -0.114. The first-order valence-corrected chi connectivity index (χ1v) is 7.61. The maximum absolute atomic E-state index is 12.1. The Morgan fingerprint density at radius 2 is 1.92 bits per heavy atom. The molecule has 0 atom stereocenters. The van der Waals surface area contributed by atoms with Gasteiger partial charge in [0.25, 0.3) is 0 Å². The summed E-state index contributed by atoms with van der Waals surface area (Å²) in [5.41, 5.74) is 2.89. The van der Waals surface area contributed by atoms with E-state index < -0.39 is 0 Å². The monoisotopic (exact) mass is 339 g/mol. The Balaban J connectivity index is 2.05. The molecule has 0 spiro atoms. The second-order valence-electron chi connectivity index (χ2n) is 5.53. The summed E-state index contributed by atoms with van der Waals surface area (Å²) in [7, 11) is 1.57. The minimum Gasteiger partial charge on any atom is -0.495 e. The van der Waals surface area contributed by atoms with Gasteiger partial charge in [-0.25, -0.2) is 9.97 Å². The molecule has 8 nitrogen and oxygen atoms in total. The largest absolute Gasteiger partial charge is 0.495 e. The predicted molar refractivity (Wildman–Crippen MR) is 93.9 cm³/mol. The number of ketones is 1. The van der Waals surface area contributed by atoms with Crippen molar-refractivity contribution in [3.05, 3.63) is 35.2 Å². The number of anilines is 3. The van der Waals surface area contributed by atoms with Crippen molar-refractivity contribution in [2.24, 2.45) is 4.99 Å². The van der Waals surface area contributed by atoms with Crippen LogP contribution in [0.3, 0.4) is 0 Å². The molecule has 8 heteroatoms. The van der Waals surface area contributed by atoms with E-state index >= 15 is 0 Å². The minimum atomic E-state index is -0.321. The van der Waals surface area contributed by atoms with Gasteiger partial charge in [0.05, 0.1) is 19.3 Å². The van der Waals surface area contributed by atoms with Gasteiger partial charge in [-0.1, -0.05) is 0 Å². The fraction of sp³-hybridized carbons (Fsp3) is 0.235. The molecule has 2 heterocycles. The summed E-state index contributed by atoms with van der Waals surface area (Å²) in [6.07, 6.45) is 3.07. The van der Waals surface area contributed by atoms with Crippen molar-refractivity contribution in [3.8, 4) is 5.75 Å². The molecule has 0 radical (unpaired) electrons. The fourth-order valence-corrected chi connectivity index (χ4v) is 2.61. The van der Waals surface area contributed by atoms with Gasteiger partial charge in [-0.2, -0.15) is 0 Å². The molecule has 0 aliphatic carbocycles. The third-order valence-corrected chi connectivity index (χ3v) is 3.70. The summed E-state index contributed by atoms with van der Waals surface area (Å²) < 4.78 is 5.42. The predicted octanol–water partition coefficient (Wildman–Crippen LogP) is 2.32. The number of amides is 1. The lowest BCUT2D eigenvalue weighted by Gasteiger charge is -2.15. The van der Waals surface area contributed by atoms with Crippen molar-refractivity contribution in [2.75, 3.05) is 17.7 Å². The molecule has 0 fully saturated rings. The van der Waals surface area contributed by atoms with E-state index in [0.717, 1.165) is 11.1 Å². The molecular weight excluding hydrogens is 322 g/mol. The number of carbonyl (C=O) groups is 2. The average molecular weight is 339 g/mol. The molecule has 1 aromatic heterocycles. The summed E-state index contributed by atoms with van der Waals surface area (Å²) in [5, 5.41) is 5.65. The highest BCUT2D eigenvalue weighted by Gasteiger charge is 2.19. The second kappa shape index (κ2) is 6.68. The zero-order valence-electron chi connectivity index (χ0n) is 14.1. The van der Waals surface area contributed by atoms with E-state index in [9.17, 15) is 9.59 Å². The summed E-state index contributed by atoms with van der Waals surface area (Å²) in [5.74, 6) is 0.476. The Morgan fingerprint density at radius 3 is 2.60 bits per heavy atom. The van der Waals surface area contributed by atoms with Crippen molar-refractivity contribution in [2.45, 2.75) is 20.4 Å². The van der Waals surface area contributed by atoms with Crippen LogP contribution < -0.4 is 15.4 Å². The zero-order chi connectivity index (χ0) is 18.0. The number of carbonyl (C=O) groups excluding carboxylic acids is 2. The third kappa shape index (κ3) is 3.32. The Morgan fingerprint density at radius 1 is 1.16 bits per heavy atom. The molecule has 25 heavy (non-hydrogen) atoms. The summed E-state index contributed by atoms with van der Waals surface area (Å²) in [4.78, 5) is 35.8. The van der Waals surface area contributed by atoms with Crippen LogP contribution in [0.25, 0.3) is 0 Å². The van der Waals surface area contributed by atoms with E-state index in [-0.39, 0.29) is 23.1 Å². The molecule has 1 aliphatic rings. The molecule has 0 bridgehead atoms. The van der Waals surface area contributed by atoms with Crippen LogP contribution in [0.1, 0.15) is 35.3 Å². The zero-order valence-corrected chi connectivity index (χ0v) is 14.1. The highest BCUT2D eigenvalue weighted by Crippen LogP contribution is 2.33. The van der Waals surface area contributed by atoms with Gasteiger partial charge in [-0.05, 0) is 30.2 Å². The second-order valence-corrected chi connectivity index (χ2v) is 5.53. The summed E-state index contributed by atoms with van der Waals surface area (Å²) in [6, 6.07) is 3.78. The number of Topliss-reactive ketones (excluding diaryl/α,β-unsaturated/α-hetero) is 1. The number of methoxy groups -OCH3 is 1. The van der Waals surface area contributed by atoms with Crippen molar-refractivity contribution >= 4 is 35.2 Å². The SMILES string of the molecule is COc1cc2c(cc1Nc1ncnc(NC(C)=O)c1C(C)=O)C=NC2. The van der Waals surface area contributed by atoms with Crippen molar-refractivity contribution < 1.29 is 14.3 Å². The maximum Gasteiger partial charge on any atom is 0.222 e. The van der Waals surface area contributed by atoms with Gasteiger partial charge < -0.3 is 15.4 Å². The number of benzene rings is 1. The molecule has 0 saturated carbocycles. The first kappa shape index (κ1) is 16.6. The number of nitrogens with one attached hydrogen (secondary N) is 2. The number of ether oxygens (including phenoxy) is 1. The number of hydrogen-bond acceptors (Lipinski definition) is 7. The molecule has 128 valence electrons. The van der Waals surface area contributed by atoms with Gasteiger partial charge in [-0.3, -0.25) is 14.6 Å². The van der Waals surface area contributed by atoms with Crippen LogP contribution in [0, 0.1) is 0 Å². The highest BCUT2D eigenvalue weighted by molar-refractivity contribution is 6.06. The number of aromatic nitrogens is 2. The van der Waals surface area contributed by atoms with E-state index in [1.165, 1.54) is 20.2 Å². The highest BCUT2D eigenvalue weighted by atomic mass is 16.5. The van der Waals surface area contributed by atoms with E-state index in [1.54, 1.807) is 13.3 Å². The minimum absolute atomic E-state index is 0.166. The van der Waals surface area contributed by atoms with E-state index in [4.69, 9.17) is 4.74 Å². The fourth-order valence-electron chi connectivity index (χ4n) is 2.61. The van der Waals surface area contributed by atoms with E-state index in [2.05, 4.69) is 25.6 Å². The number of aliphatic imine (C=N–C) groups is 1. The molecule has 1 amide bonds. The van der Waals surface area contributed by atoms with Crippen LogP contribution in [0.15, 0.2) is 23.5 Å².